The minimum Gasteiger partial charge on any atom is -0.369 e. The Morgan fingerprint density at radius 2 is 1.84 bits per heavy atom. The van der Waals surface area contributed by atoms with Gasteiger partial charge in [0.05, 0.1) is 0 Å². The van der Waals surface area contributed by atoms with Gasteiger partial charge in [-0.3, -0.25) is 14.4 Å². The molecule has 3 N–H and O–H groups in total. The van der Waals surface area contributed by atoms with Gasteiger partial charge in [0, 0.05) is 55.7 Å². The standard InChI is InChI=1S/C25H30N4O3/c26-24(32)18-10-13-29(14-11-18)25-21(5-2-12-27-25)16-28-23(31)9-8-22(30)20-7-6-17-3-1-4-19(17)15-20/h2,5-7,12,15,18H,1,3-4,8-11,13-14,16H2,(H2,26,32)(H,28,31). The number of pyridine rings is 1. The lowest BCUT2D eigenvalue weighted by Crippen LogP contribution is -2.39. The van der Waals surface area contributed by atoms with Crippen LogP contribution in [0.4, 0.5) is 5.82 Å². The molecular formula is C25H30N4O3. The number of primary amides is 1. The fraction of sp³-hybridized carbons (Fsp3) is 0.440. The van der Waals surface area contributed by atoms with E-state index in [0.717, 1.165) is 30.6 Å². The Hall–Kier alpha value is -3.22. The zero-order chi connectivity index (χ0) is 22.5. The Kier molecular flexibility index (Phi) is 6.83. The number of hydrogen-bond donors (Lipinski definition) is 2. The van der Waals surface area contributed by atoms with Gasteiger partial charge in [0.15, 0.2) is 5.78 Å². The number of carbonyl (C=O) groups is 3. The number of amides is 2. The maximum absolute atomic E-state index is 12.5. The third kappa shape index (κ3) is 5.15. The average Bonchev–Trinajstić information content (AvgIpc) is 3.29. The van der Waals surface area contributed by atoms with Crippen LogP contribution in [0.2, 0.25) is 0 Å². The van der Waals surface area contributed by atoms with Gasteiger partial charge < -0.3 is 16.0 Å². The summed E-state index contributed by atoms with van der Waals surface area (Å²) in [7, 11) is 0. The highest BCUT2D eigenvalue weighted by molar-refractivity contribution is 5.98. The van der Waals surface area contributed by atoms with E-state index < -0.39 is 0 Å². The lowest BCUT2D eigenvalue weighted by molar-refractivity contribution is -0.122. The molecule has 2 heterocycles. The summed E-state index contributed by atoms with van der Waals surface area (Å²) in [5, 5.41) is 2.92. The Labute approximate surface area is 188 Å². The van der Waals surface area contributed by atoms with Crippen LogP contribution in [-0.2, 0) is 29.0 Å². The SMILES string of the molecule is NC(=O)C1CCN(c2ncccc2CNC(=O)CCC(=O)c2ccc3c(c2)CCC3)CC1. The molecule has 0 atom stereocenters. The summed E-state index contributed by atoms with van der Waals surface area (Å²) in [5.41, 5.74) is 9.66. The number of fused-ring (bicyclic) bond motifs is 1. The summed E-state index contributed by atoms with van der Waals surface area (Å²) in [6.45, 7) is 1.77. The highest BCUT2D eigenvalue weighted by Gasteiger charge is 2.25. The number of rotatable bonds is 8. The molecule has 0 spiro atoms. The molecule has 168 valence electrons. The molecule has 1 aliphatic heterocycles. The first-order valence-electron chi connectivity index (χ1n) is 11.4. The first-order valence-corrected chi connectivity index (χ1v) is 11.4. The molecule has 7 nitrogen and oxygen atoms in total. The molecule has 1 aromatic heterocycles. The molecule has 1 aromatic carbocycles. The molecule has 0 radical (unpaired) electrons. The fourth-order valence-electron chi connectivity index (χ4n) is 4.63. The van der Waals surface area contributed by atoms with Gasteiger partial charge in [-0.2, -0.15) is 0 Å². The maximum atomic E-state index is 12.5. The molecule has 0 bridgehead atoms. The number of aromatic nitrogens is 1. The van der Waals surface area contributed by atoms with E-state index in [9.17, 15) is 14.4 Å². The number of benzene rings is 1. The van der Waals surface area contributed by atoms with Crippen molar-refractivity contribution in [2.24, 2.45) is 11.7 Å². The number of Topliss-reactive ketones (excluding diaryl/α,β-unsaturated/α-hetero) is 1. The second-order valence-corrected chi connectivity index (χ2v) is 8.69. The summed E-state index contributed by atoms with van der Waals surface area (Å²) in [4.78, 5) is 43.0. The molecule has 1 fully saturated rings. The van der Waals surface area contributed by atoms with Crippen LogP contribution in [-0.4, -0.2) is 35.7 Å². The Morgan fingerprint density at radius 1 is 1.06 bits per heavy atom. The van der Waals surface area contributed by atoms with Crippen molar-refractivity contribution < 1.29 is 14.4 Å². The molecule has 0 unspecified atom stereocenters. The summed E-state index contributed by atoms with van der Waals surface area (Å²) in [6, 6.07) is 9.71. The van der Waals surface area contributed by atoms with Gasteiger partial charge in [0.2, 0.25) is 11.8 Å². The smallest absolute Gasteiger partial charge is 0.220 e. The van der Waals surface area contributed by atoms with E-state index in [4.69, 9.17) is 5.73 Å². The molecule has 4 rings (SSSR count). The maximum Gasteiger partial charge on any atom is 0.220 e. The number of piperidine rings is 1. The van der Waals surface area contributed by atoms with Gasteiger partial charge in [0.25, 0.3) is 0 Å². The van der Waals surface area contributed by atoms with Crippen molar-refractivity contribution in [2.75, 3.05) is 18.0 Å². The molecule has 1 aliphatic carbocycles. The topological polar surface area (TPSA) is 105 Å². The van der Waals surface area contributed by atoms with Crippen LogP contribution >= 0.6 is 0 Å². The predicted molar refractivity (Wildman–Crippen MR) is 122 cm³/mol. The summed E-state index contributed by atoms with van der Waals surface area (Å²) < 4.78 is 0. The van der Waals surface area contributed by atoms with Gasteiger partial charge in [-0.1, -0.05) is 18.2 Å². The van der Waals surface area contributed by atoms with Gasteiger partial charge in [-0.05, 0) is 55.4 Å². The van der Waals surface area contributed by atoms with Crippen LogP contribution in [0.25, 0.3) is 0 Å². The Bertz CT molecular complexity index is 1010. The summed E-state index contributed by atoms with van der Waals surface area (Å²) in [6.07, 6.45) is 6.78. The largest absolute Gasteiger partial charge is 0.369 e. The number of nitrogens with zero attached hydrogens (tertiary/aromatic N) is 2. The quantitative estimate of drug-likeness (QED) is 0.621. The molecule has 1 saturated heterocycles. The Balaban J connectivity index is 1.28. The van der Waals surface area contributed by atoms with Crippen molar-refractivity contribution >= 4 is 23.4 Å². The van der Waals surface area contributed by atoms with E-state index in [1.165, 1.54) is 11.1 Å². The van der Waals surface area contributed by atoms with Crippen molar-refractivity contribution in [2.45, 2.75) is 51.5 Å². The van der Waals surface area contributed by atoms with E-state index >= 15 is 0 Å². The van der Waals surface area contributed by atoms with Gasteiger partial charge in [-0.25, -0.2) is 4.98 Å². The van der Waals surface area contributed by atoms with E-state index in [1.54, 1.807) is 6.20 Å². The minimum absolute atomic E-state index is 0.00855. The molecular weight excluding hydrogens is 404 g/mol. The molecule has 2 aromatic rings. The van der Waals surface area contributed by atoms with Crippen molar-refractivity contribution in [3.05, 3.63) is 58.8 Å². The molecule has 2 aliphatic rings. The van der Waals surface area contributed by atoms with Gasteiger partial charge in [0.1, 0.15) is 5.82 Å². The molecule has 2 amide bonds. The van der Waals surface area contributed by atoms with E-state index in [2.05, 4.69) is 15.2 Å². The number of aryl methyl sites for hydroxylation is 2. The van der Waals surface area contributed by atoms with Crippen molar-refractivity contribution in [1.29, 1.82) is 0 Å². The highest BCUT2D eigenvalue weighted by Crippen LogP contribution is 2.25. The van der Waals surface area contributed by atoms with Crippen LogP contribution in [0.5, 0.6) is 0 Å². The Morgan fingerprint density at radius 3 is 2.62 bits per heavy atom. The molecule has 7 heteroatoms. The third-order valence-corrected chi connectivity index (χ3v) is 6.54. The summed E-state index contributed by atoms with van der Waals surface area (Å²) >= 11 is 0. The van der Waals surface area contributed by atoms with Crippen LogP contribution in [0.1, 0.15) is 59.2 Å². The van der Waals surface area contributed by atoms with Crippen LogP contribution in [0.3, 0.4) is 0 Å². The number of nitrogens with one attached hydrogen (secondary N) is 1. The van der Waals surface area contributed by atoms with E-state index in [-0.39, 0.29) is 36.4 Å². The number of carbonyl (C=O) groups excluding carboxylic acids is 3. The van der Waals surface area contributed by atoms with Crippen LogP contribution in [0, 0.1) is 5.92 Å². The third-order valence-electron chi connectivity index (χ3n) is 6.54. The summed E-state index contributed by atoms with van der Waals surface area (Å²) in [5.74, 6) is 0.356. The normalized spacial score (nSPS) is 15.9. The number of hydrogen-bond acceptors (Lipinski definition) is 5. The first kappa shape index (κ1) is 22.0. The van der Waals surface area contributed by atoms with Crippen molar-refractivity contribution in [1.82, 2.24) is 10.3 Å². The number of anilines is 1. The number of nitrogens with two attached hydrogens (primary N) is 1. The monoisotopic (exact) mass is 434 g/mol. The zero-order valence-corrected chi connectivity index (χ0v) is 18.3. The molecule has 0 saturated carbocycles. The molecule has 32 heavy (non-hydrogen) atoms. The lowest BCUT2D eigenvalue weighted by atomic mass is 9.96. The van der Waals surface area contributed by atoms with Gasteiger partial charge >= 0.3 is 0 Å². The predicted octanol–water partition coefficient (Wildman–Crippen LogP) is 2.55. The van der Waals surface area contributed by atoms with Crippen molar-refractivity contribution in [3.8, 4) is 0 Å². The highest BCUT2D eigenvalue weighted by atomic mass is 16.2. The van der Waals surface area contributed by atoms with E-state index in [0.29, 0.717) is 38.0 Å². The zero-order valence-electron chi connectivity index (χ0n) is 18.3. The second kappa shape index (κ2) is 9.94. The van der Waals surface area contributed by atoms with E-state index in [1.807, 2.05) is 30.3 Å². The number of ketones is 1. The first-order chi connectivity index (χ1) is 15.5. The van der Waals surface area contributed by atoms with Crippen LogP contribution in [0.15, 0.2) is 36.5 Å². The van der Waals surface area contributed by atoms with Gasteiger partial charge in [-0.15, -0.1) is 0 Å². The van der Waals surface area contributed by atoms with Crippen molar-refractivity contribution in [3.63, 3.8) is 0 Å². The lowest BCUT2D eigenvalue weighted by Gasteiger charge is -2.32. The minimum atomic E-state index is -0.243. The fourth-order valence-corrected chi connectivity index (χ4v) is 4.63. The van der Waals surface area contributed by atoms with Crippen LogP contribution < -0.4 is 16.0 Å². The average molecular weight is 435 g/mol. The second-order valence-electron chi connectivity index (χ2n) is 8.69.